The lowest BCUT2D eigenvalue weighted by Crippen LogP contribution is -2.19. The predicted molar refractivity (Wildman–Crippen MR) is 81.6 cm³/mol. The minimum Gasteiger partial charge on any atom is -0.383 e. The smallest absolute Gasteiger partial charge is 0.0848 e. The van der Waals surface area contributed by atoms with Crippen LogP contribution in [0.5, 0.6) is 0 Å². The van der Waals surface area contributed by atoms with Gasteiger partial charge in [-0.3, -0.25) is 0 Å². The Morgan fingerprint density at radius 2 is 2.05 bits per heavy atom. The molecule has 0 fully saturated rings. The number of ether oxygens (including phenoxy) is 1. The maximum Gasteiger partial charge on any atom is 0.0848 e. The zero-order valence-corrected chi connectivity index (χ0v) is 12.9. The fourth-order valence-corrected chi connectivity index (χ4v) is 2.24. The number of halogens is 1. The van der Waals surface area contributed by atoms with E-state index in [1.54, 1.807) is 7.11 Å². The summed E-state index contributed by atoms with van der Waals surface area (Å²) in [6.07, 6.45) is 0. The maximum atomic E-state index is 6.23. The lowest BCUT2D eigenvalue weighted by molar-refractivity contribution is 0.199. The zero-order valence-electron chi connectivity index (χ0n) is 12.1. The highest BCUT2D eigenvalue weighted by Crippen LogP contribution is 2.24. The van der Waals surface area contributed by atoms with E-state index in [1.807, 2.05) is 30.7 Å². The second kappa shape index (κ2) is 6.88. The molecule has 1 N–H and O–H groups in total. The molecule has 0 saturated heterocycles. The molecule has 20 heavy (non-hydrogen) atoms. The molecule has 5 heteroatoms. The van der Waals surface area contributed by atoms with Gasteiger partial charge in [-0.15, -0.1) is 0 Å². The molecular weight excluding hydrogens is 274 g/mol. The van der Waals surface area contributed by atoms with Crippen LogP contribution in [-0.2, 0) is 11.3 Å². The van der Waals surface area contributed by atoms with Gasteiger partial charge < -0.3 is 10.1 Å². The first-order valence-corrected chi connectivity index (χ1v) is 7.02. The molecule has 0 aliphatic heterocycles. The number of rotatable bonds is 6. The molecule has 2 rings (SSSR count). The summed E-state index contributed by atoms with van der Waals surface area (Å²) in [5, 5.41) is 8.60. The highest BCUT2D eigenvalue weighted by Gasteiger charge is 2.12. The van der Waals surface area contributed by atoms with Crippen molar-refractivity contribution in [2.24, 2.45) is 0 Å². The number of aromatic nitrogens is 2. The summed E-state index contributed by atoms with van der Waals surface area (Å²) < 4.78 is 6.94. The Kier molecular flexibility index (Phi) is 5.17. The van der Waals surface area contributed by atoms with Crippen molar-refractivity contribution in [3.05, 3.63) is 46.2 Å². The maximum absolute atomic E-state index is 6.23. The SMILES string of the molecule is COCCNCc1ccccc1-n1nc(C)c(Cl)c1C. The minimum atomic E-state index is 0.702. The van der Waals surface area contributed by atoms with Crippen molar-refractivity contribution < 1.29 is 4.74 Å². The van der Waals surface area contributed by atoms with Crippen molar-refractivity contribution in [1.29, 1.82) is 0 Å². The van der Waals surface area contributed by atoms with Crippen molar-refractivity contribution in [2.75, 3.05) is 20.3 Å². The van der Waals surface area contributed by atoms with Gasteiger partial charge in [0.2, 0.25) is 0 Å². The van der Waals surface area contributed by atoms with Gasteiger partial charge in [-0.1, -0.05) is 29.8 Å². The van der Waals surface area contributed by atoms with Gasteiger partial charge in [0.25, 0.3) is 0 Å². The van der Waals surface area contributed by atoms with Crippen molar-refractivity contribution in [3.63, 3.8) is 0 Å². The summed E-state index contributed by atoms with van der Waals surface area (Å²) >= 11 is 6.23. The Bertz CT molecular complexity index is 580. The lowest BCUT2D eigenvalue weighted by atomic mass is 10.1. The Labute approximate surface area is 124 Å². The molecule has 1 aromatic carbocycles. The van der Waals surface area contributed by atoms with Gasteiger partial charge in [-0.2, -0.15) is 5.10 Å². The van der Waals surface area contributed by atoms with Crippen LogP contribution in [0.4, 0.5) is 0 Å². The molecule has 0 aliphatic rings. The summed E-state index contributed by atoms with van der Waals surface area (Å²) in [5.74, 6) is 0. The standard InChI is InChI=1S/C15H20ClN3O/c1-11-15(16)12(2)19(18-11)14-7-5-4-6-13(14)10-17-8-9-20-3/h4-7,17H,8-10H2,1-3H3. The molecule has 0 amide bonds. The molecule has 108 valence electrons. The van der Waals surface area contributed by atoms with Crippen LogP contribution < -0.4 is 5.32 Å². The van der Waals surface area contributed by atoms with Gasteiger partial charge in [0.05, 0.1) is 28.7 Å². The summed E-state index contributed by atoms with van der Waals surface area (Å²) in [5.41, 5.74) is 4.07. The Morgan fingerprint density at radius 1 is 1.30 bits per heavy atom. The van der Waals surface area contributed by atoms with Crippen molar-refractivity contribution in [2.45, 2.75) is 20.4 Å². The number of aryl methyl sites for hydroxylation is 1. The minimum absolute atomic E-state index is 0.702. The highest BCUT2D eigenvalue weighted by atomic mass is 35.5. The first-order valence-electron chi connectivity index (χ1n) is 6.64. The number of benzene rings is 1. The van der Waals surface area contributed by atoms with Crippen LogP contribution in [0.15, 0.2) is 24.3 Å². The van der Waals surface area contributed by atoms with E-state index in [9.17, 15) is 0 Å². The van der Waals surface area contributed by atoms with Gasteiger partial charge in [-0.25, -0.2) is 4.68 Å². The third-order valence-corrected chi connectivity index (χ3v) is 3.77. The molecule has 0 spiro atoms. The molecule has 0 radical (unpaired) electrons. The van der Waals surface area contributed by atoms with Gasteiger partial charge >= 0.3 is 0 Å². The van der Waals surface area contributed by atoms with Crippen molar-refractivity contribution in [1.82, 2.24) is 15.1 Å². The van der Waals surface area contributed by atoms with Gasteiger partial charge in [-0.05, 0) is 25.5 Å². The molecule has 1 heterocycles. The van der Waals surface area contributed by atoms with Gasteiger partial charge in [0, 0.05) is 20.2 Å². The molecule has 2 aromatic rings. The Hall–Kier alpha value is -1.36. The van der Waals surface area contributed by atoms with E-state index in [2.05, 4.69) is 22.5 Å². The number of nitrogens with one attached hydrogen (secondary N) is 1. The number of methoxy groups -OCH3 is 1. The quantitative estimate of drug-likeness (QED) is 0.833. The summed E-state index contributed by atoms with van der Waals surface area (Å²) in [6.45, 7) is 6.20. The number of nitrogens with zero attached hydrogens (tertiary/aromatic N) is 2. The van der Waals surface area contributed by atoms with Gasteiger partial charge in [0.1, 0.15) is 0 Å². The Balaban J connectivity index is 2.25. The molecular formula is C15H20ClN3O. The number of hydrogen-bond donors (Lipinski definition) is 1. The van der Waals surface area contributed by atoms with E-state index >= 15 is 0 Å². The average Bonchev–Trinajstić information content (AvgIpc) is 2.72. The third kappa shape index (κ3) is 3.20. The van der Waals surface area contributed by atoms with E-state index in [0.717, 1.165) is 35.2 Å². The topological polar surface area (TPSA) is 39.1 Å². The average molecular weight is 294 g/mol. The van der Waals surface area contributed by atoms with E-state index < -0.39 is 0 Å². The number of hydrogen-bond acceptors (Lipinski definition) is 3. The second-order valence-corrected chi connectivity index (χ2v) is 5.07. The molecule has 4 nitrogen and oxygen atoms in total. The van der Waals surface area contributed by atoms with Crippen LogP contribution in [0.25, 0.3) is 5.69 Å². The molecule has 0 atom stereocenters. The fourth-order valence-electron chi connectivity index (χ4n) is 2.12. The zero-order chi connectivity index (χ0) is 14.5. The second-order valence-electron chi connectivity index (χ2n) is 4.69. The van der Waals surface area contributed by atoms with Crippen molar-refractivity contribution >= 4 is 11.6 Å². The molecule has 1 aromatic heterocycles. The number of para-hydroxylation sites is 1. The normalized spacial score (nSPS) is 11.0. The van der Waals surface area contributed by atoms with Crippen LogP contribution >= 0.6 is 11.6 Å². The first-order chi connectivity index (χ1) is 9.65. The van der Waals surface area contributed by atoms with Crippen LogP contribution in [0.3, 0.4) is 0 Å². The molecule has 0 aliphatic carbocycles. The highest BCUT2D eigenvalue weighted by molar-refractivity contribution is 6.31. The fraction of sp³-hybridized carbons (Fsp3) is 0.400. The summed E-state index contributed by atoms with van der Waals surface area (Å²) in [7, 11) is 1.70. The first kappa shape index (κ1) is 15.0. The Morgan fingerprint density at radius 3 is 2.70 bits per heavy atom. The van der Waals surface area contributed by atoms with Crippen LogP contribution in [0.2, 0.25) is 5.02 Å². The molecule has 0 bridgehead atoms. The summed E-state index contributed by atoms with van der Waals surface area (Å²) in [4.78, 5) is 0. The monoisotopic (exact) mass is 293 g/mol. The van der Waals surface area contributed by atoms with Crippen molar-refractivity contribution in [3.8, 4) is 5.69 Å². The van der Waals surface area contributed by atoms with E-state index in [4.69, 9.17) is 16.3 Å². The van der Waals surface area contributed by atoms with E-state index in [0.29, 0.717) is 6.61 Å². The predicted octanol–water partition coefficient (Wildman–Crippen LogP) is 2.88. The lowest BCUT2D eigenvalue weighted by Gasteiger charge is -2.12. The molecule has 0 unspecified atom stereocenters. The largest absolute Gasteiger partial charge is 0.383 e. The van der Waals surface area contributed by atoms with Crippen LogP contribution in [0.1, 0.15) is 17.0 Å². The third-order valence-electron chi connectivity index (χ3n) is 3.22. The van der Waals surface area contributed by atoms with Crippen LogP contribution in [-0.4, -0.2) is 30.0 Å². The van der Waals surface area contributed by atoms with E-state index in [-0.39, 0.29) is 0 Å². The van der Waals surface area contributed by atoms with Crippen LogP contribution in [0, 0.1) is 13.8 Å². The molecule has 0 saturated carbocycles. The summed E-state index contributed by atoms with van der Waals surface area (Å²) in [6, 6.07) is 8.20. The van der Waals surface area contributed by atoms with Gasteiger partial charge in [0.15, 0.2) is 0 Å². The van der Waals surface area contributed by atoms with E-state index in [1.165, 1.54) is 5.56 Å².